The molecule has 0 radical (unpaired) electrons. The van der Waals surface area contributed by atoms with Gasteiger partial charge in [0.25, 0.3) is 10.2 Å². The van der Waals surface area contributed by atoms with Gasteiger partial charge in [0.2, 0.25) is 0 Å². The monoisotopic (exact) mass is 342 g/mol. The number of aliphatic hydroxyl groups excluding tert-OH is 1. The summed E-state index contributed by atoms with van der Waals surface area (Å²) in [4.78, 5) is 1.29. The summed E-state index contributed by atoms with van der Waals surface area (Å²) in [7, 11) is -4.21. The zero-order chi connectivity index (χ0) is 15.9. The van der Waals surface area contributed by atoms with Gasteiger partial charge in [-0.05, 0) is 12.1 Å². The fraction of sp³-hybridized carbons (Fsp3) is 0.455. The maximum Gasteiger partial charge on any atom is 0.402 e. The minimum atomic E-state index is -4.60. The van der Waals surface area contributed by atoms with Gasteiger partial charge in [0, 0.05) is 17.8 Å². The standard InChI is InChI=1S/C11H13F3N2O3S2/c12-11(13,14)8-16-21(18,19)15-7-10-5-4-9(20-10)3-1-2-6-17/h4-5,15-17H,2,6-8H2. The van der Waals surface area contributed by atoms with E-state index in [1.54, 1.807) is 12.1 Å². The van der Waals surface area contributed by atoms with Crippen LogP contribution in [0.1, 0.15) is 16.2 Å². The van der Waals surface area contributed by atoms with E-state index in [-0.39, 0.29) is 13.2 Å². The van der Waals surface area contributed by atoms with Gasteiger partial charge in [-0.25, -0.2) is 0 Å². The van der Waals surface area contributed by atoms with E-state index < -0.39 is 22.9 Å². The Bertz CT molecular complexity index is 615. The van der Waals surface area contributed by atoms with E-state index in [4.69, 9.17) is 5.11 Å². The highest BCUT2D eigenvalue weighted by molar-refractivity contribution is 7.87. The third-order valence-corrected chi connectivity index (χ3v) is 4.06. The molecule has 21 heavy (non-hydrogen) atoms. The lowest BCUT2D eigenvalue weighted by Gasteiger charge is -2.09. The van der Waals surface area contributed by atoms with Gasteiger partial charge in [-0.2, -0.15) is 31.0 Å². The van der Waals surface area contributed by atoms with E-state index in [0.717, 1.165) is 0 Å². The first-order chi connectivity index (χ1) is 9.72. The SMILES string of the molecule is O=S(=O)(NCc1ccc(C#CCCO)s1)NCC(F)(F)F. The second-order valence-electron chi connectivity index (χ2n) is 3.80. The van der Waals surface area contributed by atoms with Gasteiger partial charge in [0.15, 0.2) is 0 Å². The molecule has 0 spiro atoms. The predicted molar refractivity (Wildman–Crippen MR) is 72.7 cm³/mol. The van der Waals surface area contributed by atoms with Gasteiger partial charge in [0.1, 0.15) is 6.54 Å². The zero-order valence-electron chi connectivity index (χ0n) is 10.7. The van der Waals surface area contributed by atoms with E-state index in [2.05, 4.69) is 11.8 Å². The number of alkyl halides is 3. The molecule has 0 saturated heterocycles. The minimum Gasteiger partial charge on any atom is -0.395 e. The van der Waals surface area contributed by atoms with Crippen molar-refractivity contribution in [3.8, 4) is 11.8 Å². The van der Waals surface area contributed by atoms with Crippen molar-refractivity contribution in [2.75, 3.05) is 13.2 Å². The highest BCUT2D eigenvalue weighted by Crippen LogP contribution is 2.16. The summed E-state index contributed by atoms with van der Waals surface area (Å²) in [6.07, 6.45) is -4.27. The molecule has 1 aromatic heterocycles. The molecule has 0 bridgehead atoms. The van der Waals surface area contributed by atoms with E-state index >= 15 is 0 Å². The van der Waals surface area contributed by atoms with Crippen molar-refractivity contribution in [3.63, 3.8) is 0 Å². The van der Waals surface area contributed by atoms with Gasteiger partial charge >= 0.3 is 6.18 Å². The zero-order valence-corrected chi connectivity index (χ0v) is 12.3. The van der Waals surface area contributed by atoms with E-state index in [1.165, 1.54) is 16.1 Å². The summed E-state index contributed by atoms with van der Waals surface area (Å²) in [6, 6.07) is 3.29. The molecule has 0 amide bonds. The molecule has 1 aromatic rings. The van der Waals surface area contributed by atoms with Crippen LogP contribution in [-0.4, -0.2) is 32.9 Å². The lowest BCUT2D eigenvalue weighted by atomic mass is 10.4. The molecule has 1 heterocycles. The quantitative estimate of drug-likeness (QED) is 0.674. The van der Waals surface area contributed by atoms with Crippen LogP contribution in [0.3, 0.4) is 0 Å². The van der Waals surface area contributed by atoms with Crippen molar-refractivity contribution < 1.29 is 26.7 Å². The highest BCUT2D eigenvalue weighted by atomic mass is 32.2. The maximum atomic E-state index is 11.9. The van der Waals surface area contributed by atoms with Gasteiger partial charge in [-0.1, -0.05) is 11.8 Å². The Hall–Kier alpha value is -1.12. The molecular formula is C11H13F3N2O3S2. The van der Waals surface area contributed by atoms with E-state index in [1.807, 2.05) is 4.72 Å². The summed E-state index contributed by atoms with van der Waals surface area (Å²) >= 11 is 1.22. The van der Waals surface area contributed by atoms with Crippen molar-refractivity contribution in [2.45, 2.75) is 19.1 Å². The van der Waals surface area contributed by atoms with E-state index in [9.17, 15) is 21.6 Å². The summed E-state index contributed by atoms with van der Waals surface area (Å²) < 4.78 is 61.7. The largest absolute Gasteiger partial charge is 0.402 e. The number of halogens is 3. The normalized spacial score (nSPS) is 12.0. The van der Waals surface area contributed by atoms with Crippen LogP contribution in [0.5, 0.6) is 0 Å². The van der Waals surface area contributed by atoms with Crippen LogP contribution in [-0.2, 0) is 16.8 Å². The second kappa shape index (κ2) is 7.77. The third kappa shape index (κ3) is 8.03. The number of aliphatic hydroxyl groups is 1. The Balaban J connectivity index is 2.50. The number of rotatable bonds is 6. The third-order valence-electron chi connectivity index (χ3n) is 2.01. The van der Waals surface area contributed by atoms with Crippen LogP contribution >= 0.6 is 11.3 Å². The summed E-state index contributed by atoms with van der Waals surface area (Å²) in [6.45, 7) is -1.79. The minimum absolute atomic E-state index is 0.0457. The van der Waals surface area contributed by atoms with Crippen LogP contribution in [0.4, 0.5) is 13.2 Å². The Morgan fingerprint density at radius 3 is 2.62 bits per heavy atom. The molecule has 3 N–H and O–H groups in total. The highest BCUT2D eigenvalue weighted by Gasteiger charge is 2.29. The lowest BCUT2D eigenvalue weighted by molar-refractivity contribution is -0.121. The number of hydrogen-bond donors (Lipinski definition) is 3. The number of thiophene rings is 1. The van der Waals surface area contributed by atoms with Gasteiger partial charge in [-0.3, -0.25) is 0 Å². The van der Waals surface area contributed by atoms with Crippen LogP contribution in [0.15, 0.2) is 12.1 Å². The molecule has 118 valence electrons. The molecule has 0 aliphatic heterocycles. The smallest absolute Gasteiger partial charge is 0.395 e. The van der Waals surface area contributed by atoms with Crippen molar-refractivity contribution in [2.24, 2.45) is 0 Å². The lowest BCUT2D eigenvalue weighted by Crippen LogP contribution is -2.41. The van der Waals surface area contributed by atoms with Crippen molar-refractivity contribution in [1.29, 1.82) is 0 Å². The Morgan fingerprint density at radius 1 is 1.29 bits per heavy atom. The number of nitrogens with one attached hydrogen (secondary N) is 2. The van der Waals surface area contributed by atoms with Crippen LogP contribution < -0.4 is 9.44 Å². The van der Waals surface area contributed by atoms with Crippen LogP contribution in [0.2, 0.25) is 0 Å². The molecule has 1 rings (SSSR count). The predicted octanol–water partition coefficient (Wildman–Crippen LogP) is 0.968. The Kier molecular flexibility index (Phi) is 6.63. The first kappa shape index (κ1) is 17.9. The second-order valence-corrected chi connectivity index (χ2v) is 6.55. The molecule has 0 atom stereocenters. The molecule has 0 aliphatic rings. The molecule has 0 saturated carbocycles. The van der Waals surface area contributed by atoms with Crippen molar-refractivity contribution >= 4 is 21.5 Å². The Morgan fingerprint density at radius 2 is 2.00 bits per heavy atom. The molecule has 0 aliphatic carbocycles. The summed E-state index contributed by atoms with van der Waals surface area (Å²) in [5.74, 6) is 5.48. The van der Waals surface area contributed by atoms with E-state index in [0.29, 0.717) is 16.2 Å². The maximum absolute atomic E-state index is 11.9. The average molecular weight is 342 g/mol. The fourth-order valence-electron chi connectivity index (χ4n) is 1.14. The molecule has 10 heteroatoms. The summed E-state index contributed by atoms with van der Waals surface area (Å²) in [5.41, 5.74) is 0. The molecule has 0 aromatic carbocycles. The van der Waals surface area contributed by atoms with Crippen molar-refractivity contribution in [1.82, 2.24) is 9.44 Å². The fourth-order valence-corrected chi connectivity index (χ4v) is 2.85. The first-order valence-electron chi connectivity index (χ1n) is 5.71. The van der Waals surface area contributed by atoms with Gasteiger partial charge in [0.05, 0.1) is 11.5 Å². The average Bonchev–Trinajstić information content (AvgIpc) is 2.82. The first-order valence-corrected chi connectivity index (χ1v) is 8.01. The van der Waals surface area contributed by atoms with Crippen LogP contribution in [0.25, 0.3) is 0 Å². The molecular weight excluding hydrogens is 329 g/mol. The Labute approximate surface area is 124 Å². The molecule has 0 fully saturated rings. The molecule has 5 nitrogen and oxygen atoms in total. The van der Waals surface area contributed by atoms with Crippen LogP contribution in [0, 0.1) is 11.8 Å². The summed E-state index contributed by atoms with van der Waals surface area (Å²) in [5, 5.41) is 8.57. The van der Waals surface area contributed by atoms with Crippen molar-refractivity contribution in [3.05, 3.63) is 21.9 Å². The number of hydrogen-bond acceptors (Lipinski definition) is 4. The van der Waals surface area contributed by atoms with Gasteiger partial charge < -0.3 is 5.11 Å². The molecule has 0 unspecified atom stereocenters. The van der Waals surface area contributed by atoms with Gasteiger partial charge in [-0.15, -0.1) is 11.3 Å². The topological polar surface area (TPSA) is 78.4 Å².